The Morgan fingerprint density at radius 2 is 1.88 bits per heavy atom. The van der Waals surface area contributed by atoms with E-state index in [1.165, 1.54) is 22.0 Å². The van der Waals surface area contributed by atoms with Crippen LogP contribution in [0.4, 0.5) is 0 Å². The Morgan fingerprint density at radius 1 is 1.15 bits per heavy atom. The van der Waals surface area contributed by atoms with Gasteiger partial charge in [-0.1, -0.05) is 55.0 Å². The third kappa shape index (κ3) is 4.26. The topological polar surface area (TPSA) is 70.9 Å². The maximum absolute atomic E-state index is 12.3. The van der Waals surface area contributed by atoms with Crippen LogP contribution in [0, 0.1) is 6.92 Å². The van der Waals surface area contributed by atoms with Gasteiger partial charge >= 0.3 is 0 Å². The van der Waals surface area contributed by atoms with E-state index in [2.05, 4.69) is 35.4 Å². The predicted molar refractivity (Wildman–Crippen MR) is 110 cm³/mol. The number of hydrogen-bond acceptors (Lipinski definition) is 2. The first-order valence-corrected chi connectivity index (χ1v) is 8.78. The van der Waals surface area contributed by atoms with Crippen LogP contribution in [0.3, 0.4) is 0 Å². The molecular weight excluding hydrogens is 346 g/mol. The Kier molecular flexibility index (Phi) is 6.83. The van der Waals surface area contributed by atoms with E-state index < -0.39 is 6.04 Å². The first kappa shape index (κ1) is 20.0. The number of hydrogen-bond donors (Lipinski definition) is 3. The van der Waals surface area contributed by atoms with Crippen LogP contribution >= 0.6 is 12.4 Å². The molecule has 0 bridgehead atoms. The van der Waals surface area contributed by atoms with Crippen molar-refractivity contribution in [3.8, 4) is 0 Å². The summed E-state index contributed by atoms with van der Waals surface area (Å²) in [6, 6.07) is 13.5. The smallest absolute Gasteiger partial charge is 0.241 e. The van der Waals surface area contributed by atoms with Crippen LogP contribution in [-0.4, -0.2) is 17.4 Å². The summed E-state index contributed by atoms with van der Waals surface area (Å²) >= 11 is 0. The number of carbonyl (C=O) groups is 1. The normalized spacial score (nSPS) is 11.8. The highest BCUT2D eigenvalue weighted by molar-refractivity contribution is 5.86. The lowest BCUT2D eigenvalue weighted by Crippen LogP contribution is -2.35. The molecule has 0 saturated heterocycles. The van der Waals surface area contributed by atoms with Gasteiger partial charge in [0.05, 0.1) is 0 Å². The molecule has 3 rings (SSSR count). The average molecular weight is 372 g/mol. The Bertz CT molecular complexity index is 871. The van der Waals surface area contributed by atoms with Crippen molar-refractivity contribution in [1.29, 1.82) is 0 Å². The van der Waals surface area contributed by atoms with Gasteiger partial charge in [0.2, 0.25) is 5.91 Å². The van der Waals surface area contributed by atoms with Gasteiger partial charge in [-0.05, 0) is 36.5 Å². The molecule has 1 heterocycles. The second kappa shape index (κ2) is 8.88. The van der Waals surface area contributed by atoms with Crippen molar-refractivity contribution in [2.24, 2.45) is 5.73 Å². The lowest BCUT2D eigenvalue weighted by molar-refractivity contribution is -0.122. The molecular formula is C21H26ClN3O. The number of nitrogens with one attached hydrogen (secondary N) is 2. The fourth-order valence-corrected chi connectivity index (χ4v) is 3.13. The number of aromatic amines is 1. The summed E-state index contributed by atoms with van der Waals surface area (Å²) in [7, 11) is 0. The third-order valence-electron chi connectivity index (χ3n) is 4.68. The summed E-state index contributed by atoms with van der Waals surface area (Å²) in [6.45, 7) is 4.74. The molecule has 0 aliphatic rings. The van der Waals surface area contributed by atoms with Crippen LogP contribution < -0.4 is 11.1 Å². The maximum atomic E-state index is 12.3. The van der Waals surface area contributed by atoms with Crippen LogP contribution in [0.1, 0.15) is 35.2 Å². The molecule has 4 N–H and O–H groups in total. The number of aromatic nitrogens is 1. The first-order chi connectivity index (χ1) is 12.1. The van der Waals surface area contributed by atoms with Crippen LogP contribution in [-0.2, 0) is 17.6 Å². The van der Waals surface area contributed by atoms with Gasteiger partial charge in [0.1, 0.15) is 6.04 Å². The van der Waals surface area contributed by atoms with Gasteiger partial charge in [-0.2, -0.15) is 0 Å². The number of para-hydroxylation sites is 1. The summed E-state index contributed by atoms with van der Waals surface area (Å²) < 4.78 is 0. The minimum Gasteiger partial charge on any atom is -0.361 e. The largest absolute Gasteiger partial charge is 0.361 e. The predicted octanol–water partition coefficient (Wildman–Crippen LogP) is 3.82. The lowest BCUT2D eigenvalue weighted by atomic mass is 10.0. The number of aryl methyl sites for hydroxylation is 2. The third-order valence-corrected chi connectivity index (χ3v) is 4.68. The van der Waals surface area contributed by atoms with E-state index >= 15 is 0 Å². The van der Waals surface area contributed by atoms with E-state index in [1.807, 2.05) is 37.4 Å². The van der Waals surface area contributed by atoms with Gasteiger partial charge in [-0.25, -0.2) is 0 Å². The van der Waals surface area contributed by atoms with Crippen molar-refractivity contribution in [2.75, 3.05) is 6.54 Å². The minimum absolute atomic E-state index is 0. The molecule has 0 fully saturated rings. The van der Waals surface area contributed by atoms with Gasteiger partial charge in [-0.3, -0.25) is 4.79 Å². The molecule has 5 heteroatoms. The highest BCUT2D eigenvalue weighted by Gasteiger charge is 2.15. The number of rotatable bonds is 6. The molecule has 1 unspecified atom stereocenters. The lowest BCUT2D eigenvalue weighted by Gasteiger charge is -2.12. The van der Waals surface area contributed by atoms with Gasteiger partial charge in [0.25, 0.3) is 0 Å². The van der Waals surface area contributed by atoms with Crippen molar-refractivity contribution in [3.63, 3.8) is 0 Å². The molecule has 1 aromatic heterocycles. The van der Waals surface area contributed by atoms with Crippen molar-refractivity contribution in [3.05, 3.63) is 70.9 Å². The summed E-state index contributed by atoms with van der Waals surface area (Å²) in [6.07, 6.45) is 3.81. The fraction of sp³-hybridized carbons (Fsp3) is 0.286. The van der Waals surface area contributed by atoms with E-state index in [-0.39, 0.29) is 18.3 Å². The number of H-pyrrole nitrogens is 1. The number of halogens is 1. The van der Waals surface area contributed by atoms with Gasteiger partial charge in [0, 0.05) is 23.6 Å². The average Bonchev–Trinajstić information content (AvgIpc) is 3.05. The quantitative estimate of drug-likeness (QED) is 0.616. The molecule has 2 aromatic carbocycles. The Hall–Kier alpha value is -2.30. The zero-order chi connectivity index (χ0) is 17.8. The Morgan fingerprint density at radius 3 is 2.58 bits per heavy atom. The van der Waals surface area contributed by atoms with Crippen LogP contribution in [0.5, 0.6) is 0 Å². The van der Waals surface area contributed by atoms with Crippen molar-refractivity contribution in [2.45, 2.75) is 32.7 Å². The van der Waals surface area contributed by atoms with Crippen LogP contribution in [0.25, 0.3) is 10.9 Å². The summed E-state index contributed by atoms with van der Waals surface area (Å²) in [5, 5.41) is 4.18. The Balaban J connectivity index is 0.00000243. The molecule has 26 heavy (non-hydrogen) atoms. The summed E-state index contributed by atoms with van der Waals surface area (Å²) in [4.78, 5) is 15.6. The second-order valence-corrected chi connectivity index (χ2v) is 6.44. The number of amides is 1. The number of carbonyl (C=O) groups excluding carboxylic acids is 1. The molecule has 1 atom stereocenters. The minimum atomic E-state index is -0.629. The van der Waals surface area contributed by atoms with E-state index in [0.29, 0.717) is 6.54 Å². The summed E-state index contributed by atoms with van der Waals surface area (Å²) in [5.74, 6) is -0.141. The monoisotopic (exact) mass is 371 g/mol. The standard InChI is InChI=1S/C21H25N3O.ClH/c1-3-15-5-4-6-18-17(13-24-20(15)18)11-12-23-21(25)19(22)16-9-7-14(2)8-10-16;/h4-10,13,19,24H,3,11-12,22H2,1-2H3,(H,23,25);1H. The van der Waals surface area contributed by atoms with Gasteiger partial charge < -0.3 is 16.0 Å². The number of nitrogens with two attached hydrogens (primary N) is 1. The van der Waals surface area contributed by atoms with Crippen LogP contribution in [0.15, 0.2) is 48.7 Å². The van der Waals surface area contributed by atoms with Crippen molar-refractivity contribution >= 4 is 29.2 Å². The highest BCUT2D eigenvalue weighted by atomic mass is 35.5. The van der Waals surface area contributed by atoms with E-state index in [9.17, 15) is 4.79 Å². The molecule has 3 aromatic rings. The van der Waals surface area contributed by atoms with Gasteiger partial charge in [-0.15, -0.1) is 12.4 Å². The van der Waals surface area contributed by atoms with E-state index in [1.54, 1.807) is 0 Å². The molecule has 1 amide bonds. The molecule has 4 nitrogen and oxygen atoms in total. The summed E-state index contributed by atoms with van der Waals surface area (Å²) in [5.41, 5.74) is 11.8. The molecule has 0 aliphatic heterocycles. The van der Waals surface area contributed by atoms with E-state index in [0.717, 1.165) is 24.0 Å². The number of benzene rings is 2. The molecule has 0 aliphatic carbocycles. The second-order valence-electron chi connectivity index (χ2n) is 6.44. The molecule has 138 valence electrons. The van der Waals surface area contributed by atoms with E-state index in [4.69, 9.17) is 5.73 Å². The SMILES string of the molecule is CCc1cccc2c(CCNC(=O)C(N)c3ccc(C)cc3)c[nH]c12.Cl. The fourth-order valence-electron chi connectivity index (χ4n) is 3.13. The van der Waals surface area contributed by atoms with Crippen molar-refractivity contribution < 1.29 is 4.79 Å². The molecule has 0 saturated carbocycles. The maximum Gasteiger partial charge on any atom is 0.241 e. The molecule has 0 radical (unpaired) electrons. The zero-order valence-electron chi connectivity index (χ0n) is 15.2. The van der Waals surface area contributed by atoms with Gasteiger partial charge in [0.15, 0.2) is 0 Å². The van der Waals surface area contributed by atoms with Crippen LogP contribution in [0.2, 0.25) is 0 Å². The highest BCUT2D eigenvalue weighted by Crippen LogP contribution is 2.22. The Labute approximate surface area is 160 Å². The molecule has 0 spiro atoms. The first-order valence-electron chi connectivity index (χ1n) is 8.78. The number of fused-ring (bicyclic) bond motifs is 1. The van der Waals surface area contributed by atoms with Crippen molar-refractivity contribution in [1.82, 2.24) is 10.3 Å². The zero-order valence-corrected chi connectivity index (χ0v) is 16.0.